The SMILES string of the molecule is CCn1c(SCC(=O)Nc2sc3c(c2C#N)CCCCC3)nnc1-c1ccc(Cl)cc1. The first-order chi connectivity index (χ1) is 15.1. The quantitative estimate of drug-likeness (QED) is 0.376. The number of carbonyl (C=O) groups is 1. The molecule has 1 aliphatic carbocycles. The van der Waals surface area contributed by atoms with Crippen LogP contribution < -0.4 is 5.32 Å². The molecule has 3 aromatic rings. The number of amides is 1. The molecule has 1 aromatic carbocycles. The molecule has 0 saturated carbocycles. The fourth-order valence-corrected chi connectivity index (χ4v) is 5.92. The van der Waals surface area contributed by atoms with E-state index in [4.69, 9.17) is 11.6 Å². The van der Waals surface area contributed by atoms with Crippen LogP contribution in [0, 0.1) is 11.3 Å². The van der Waals surface area contributed by atoms with Crippen molar-refractivity contribution in [2.24, 2.45) is 0 Å². The number of halogens is 1. The Labute approximate surface area is 194 Å². The van der Waals surface area contributed by atoms with Gasteiger partial charge in [0.2, 0.25) is 5.91 Å². The summed E-state index contributed by atoms with van der Waals surface area (Å²) in [7, 11) is 0. The summed E-state index contributed by atoms with van der Waals surface area (Å²) in [6.07, 6.45) is 5.36. The van der Waals surface area contributed by atoms with Crippen LogP contribution in [-0.4, -0.2) is 26.4 Å². The van der Waals surface area contributed by atoms with Crippen LogP contribution in [0.2, 0.25) is 5.02 Å². The van der Waals surface area contributed by atoms with Gasteiger partial charge >= 0.3 is 0 Å². The number of nitriles is 1. The molecule has 0 radical (unpaired) electrons. The predicted octanol–water partition coefficient (Wildman–Crippen LogP) is 5.55. The number of carbonyl (C=O) groups excluding carboxylic acids is 1. The molecule has 0 fully saturated rings. The third kappa shape index (κ3) is 4.79. The second-order valence-electron chi connectivity index (χ2n) is 7.27. The molecular formula is C22H22ClN5OS2. The highest BCUT2D eigenvalue weighted by Gasteiger charge is 2.21. The van der Waals surface area contributed by atoms with Crippen molar-refractivity contribution < 1.29 is 4.79 Å². The number of hydrogen-bond acceptors (Lipinski definition) is 6. The van der Waals surface area contributed by atoms with Crippen LogP contribution in [0.25, 0.3) is 11.4 Å². The van der Waals surface area contributed by atoms with Crippen molar-refractivity contribution in [2.75, 3.05) is 11.1 Å². The minimum Gasteiger partial charge on any atom is -0.316 e. The zero-order valence-corrected chi connectivity index (χ0v) is 19.5. The van der Waals surface area contributed by atoms with Crippen LogP contribution in [-0.2, 0) is 24.2 Å². The molecule has 160 valence electrons. The average molecular weight is 472 g/mol. The van der Waals surface area contributed by atoms with Gasteiger partial charge in [0.05, 0.1) is 11.3 Å². The van der Waals surface area contributed by atoms with Crippen LogP contribution in [0.15, 0.2) is 29.4 Å². The molecule has 6 nitrogen and oxygen atoms in total. The third-order valence-corrected chi connectivity index (χ3v) is 7.68. The second-order valence-corrected chi connectivity index (χ2v) is 9.76. The Morgan fingerprint density at radius 1 is 1.26 bits per heavy atom. The summed E-state index contributed by atoms with van der Waals surface area (Å²) in [5.41, 5.74) is 2.70. The van der Waals surface area contributed by atoms with Crippen molar-refractivity contribution in [3.05, 3.63) is 45.3 Å². The molecule has 0 atom stereocenters. The molecule has 0 bridgehead atoms. The minimum absolute atomic E-state index is 0.142. The van der Waals surface area contributed by atoms with E-state index in [0.29, 0.717) is 27.3 Å². The summed E-state index contributed by atoms with van der Waals surface area (Å²) in [5.74, 6) is 0.805. The Kier molecular flexibility index (Phi) is 6.96. The van der Waals surface area contributed by atoms with E-state index in [0.717, 1.165) is 42.6 Å². The number of thioether (sulfide) groups is 1. The molecule has 4 rings (SSSR count). The Bertz CT molecular complexity index is 1130. The third-order valence-electron chi connectivity index (χ3n) is 5.25. The summed E-state index contributed by atoms with van der Waals surface area (Å²) in [6, 6.07) is 9.76. The monoisotopic (exact) mass is 471 g/mol. The number of hydrogen-bond donors (Lipinski definition) is 1. The van der Waals surface area contributed by atoms with Gasteiger partial charge < -0.3 is 9.88 Å². The normalized spacial score (nSPS) is 13.3. The van der Waals surface area contributed by atoms with Gasteiger partial charge in [-0.05, 0) is 62.4 Å². The van der Waals surface area contributed by atoms with Gasteiger partial charge in [0.25, 0.3) is 0 Å². The molecule has 0 saturated heterocycles. The molecule has 2 aromatic heterocycles. The van der Waals surface area contributed by atoms with Crippen LogP contribution in [0.4, 0.5) is 5.00 Å². The maximum absolute atomic E-state index is 12.6. The molecule has 9 heteroatoms. The van der Waals surface area contributed by atoms with Crippen molar-refractivity contribution in [1.82, 2.24) is 14.8 Å². The van der Waals surface area contributed by atoms with Gasteiger partial charge in [-0.15, -0.1) is 21.5 Å². The zero-order valence-electron chi connectivity index (χ0n) is 17.2. The highest BCUT2D eigenvalue weighted by Crippen LogP contribution is 2.37. The van der Waals surface area contributed by atoms with Gasteiger partial charge in [-0.1, -0.05) is 29.8 Å². The maximum atomic E-state index is 12.6. The topological polar surface area (TPSA) is 83.6 Å². The lowest BCUT2D eigenvalue weighted by Gasteiger charge is -2.08. The number of aryl methyl sites for hydroxylation is 1. The highest BCUT2D eigenvalue weighted by atomic mass is 35.5. The fourth-order valence-electron chi connectivity index (χ4n) is 3.73. The Hall–Kier alpha value is -2.34. The first-order valence-corrected chi connectivity index (χ1v) is 12.4. The van der Waals surface area contributed by atoms with E-state index >= 15 is 0 Å². The molecule has 0 aliphatic heterocycles. The fraction of sp³-hybridized carbons (Fsp3) is 0.364. The van der Waals surface area contributed by atoms with E-state index in [1.165, 1.54) is 23.1 Å². The summed E-state index contributed by atoms with van der Waals surface area (Å²) in [6.45, 7) is 2.70. The smallest absolute Gasteiger partial charge is 0.235 e. The van der Waals surface area contributed by atoms with Crippen molar-refractivity contribution in [3.63, 3.8) is 0 Å². The highest BCUT2D eigenvalue weighted by molar-refractivity contribution is 7.99. The second kappa shape index (κ2) is 9.86. The van der Waals surface area contributed by atoms with Crippen molar-refractivity contribution in [1.29, 1.82) is 5.26 Å². The van der Waals surface area contributed by atoms with Crippen LogP contribution >= 0.6 is 34.7 Å². The predicted molar refractivity (Wildman–Crippen MR) is 126 cm³/mol. The molecule has 0 unspecified atom stereocenters. The van der Waals surface area contributed by atoms with Crippen molar-refractivity contribution in [3.8, 4) is 17.5 Å². The number of fused-ring (bicyclic) bond motifs is 1. The number of rotatable bonds is 6. The molecule has 1 aliphatic rings. The Balaban J connectivity index is 1.45. The van der Waals surface area contributed by atoms with Gasteiger partial charge in [0.15, 0.2) is 11.0 Å². The number of nitrogens with zero attached hydrogens (tertiary/aromatic N) is 4. The number of thiophene rings is 1. The van der Waals surface area contributed by atoms with Crippen molar-refractivity contribution in [2.45, 2.75) is 50.7 Å². The molecule has 1 amide bonds. The molecule has 1 N–H and O–H groups in total. The number of aromatic nitrogens is 3. The largest absolute Gasteiger partial charge is 0.316 e. The number of anilines is 1. The van der Waals surface area contributed by atoms with Crippen LogP contribution in [0.3, 0.4) is 0 Å². The summed E-state index contributed by atoms with van der Waals surface area (Å²) in [4.78, 5) is 13.9. The number of nitrogens with one attached hydrogen (secondary N) is 1. The van der Waals surface area contributed by atoms with Gasteiger partial charge in [-0.2, -0.15) is 5.26 Å². The summed E-state index contributed by atoms with van der Waals surface area (Å²) < 4.78 is 1.98. The summed E-state index contributed by atoms with van der Waals surface area (Å²) in [5, 5.41) is 23.2. The lowest BCUT2D eigenvalue weighted by molar-refractivity contribution is -0.113. The standard InChI is InChI=1S/C22H22ClN5OS2/c1-2-28-20(14-8-10-15(23)11-9-14)26-27-22(28)30-13-19(29)25-21-17(12-24)16-6-4-3-5-7-18(16)31-21/h8-11H,2-7,13H2,1H3,(H,25,29). The van der Waals surface area contributed by atoms with E-state index in [1.54, 1.807) is 11.3 Å². The van der Waals surface area contributed by atoms with Crippen molar-refractivity contribution >= 4 is 45.6 Å². The van der Waals surface area contributed by atoms with Gasteiger partial charge in [-0.3, -0.25) is 4.79 Å². The Morgan fingerprint density at radius 3 is 2.77 bits per heavy atom. The molecule has 2 heterocycles. The minimum atomic E-state index is -0.142. The Morgan fingerprint density at radius 2 is 2.03 bits per heavy atom. The lowest BCUT2D eigenvalue weighted by atomic mass is 10.1. The van der Waals surface area contributed by atoms with E-state index < -0.39 is 0 Å². The van der Waals surface area contributed by atoms with E-state index in [9.17, 15) is 10.1 Å². The van der Waals surface area contributed by atoms with Crippen LogP contribution in [0.5, 0.6) is 0 Å². The van der Waals surface area contributed by atoms with Gasteiger partial charge in [-0.25, -0.2) is 0 Å². The molecule has 31 heavy (non-hydrogen) atoms. The first-order valence-electron chi connectivity index (χ1n) is 10.3. The van der Waals surface area contributed by atoms with Crippen LogP contribution in [0.1, 0.15) is 42.2 Å². The average Bonchev–Trinajstić information content (AvgIpc) is 3.24. The maximum Gasteiger partial charge on any atom is 0.235 e. The van der Waals surface area contributed by atoms with E-state index in [-0.39, 0.29) is 11.7 Å². The van der Waals surface area contributed by atoms with E-state index in [2.05, 4.69) is 21.6 Å². The lowest BCUT2D eigenvalue weighted by Crippen LogP contribution is -2.14. The van der Waals surface area contributed by atoms with Gasteiger partial charge in [0.1, 0.15) is 11.1 Å². The van der Waals surface area contributed by atoms with E-state index in [1.807, 2.05) is 35.8 Å². The zero-order chi connectivity index (χ0) is 21.8. The summed E-state index contributed by atoms with van der Waals surface area (Å²) >= 11 is 8.88. The molecular weight excluding hydrogens is 450 g/mol. The first kappa shape index (κ1) is 21.9. The molecule has 0 spiro atoms. The van der Waals surface area contributed by atoms with Gasteiger partial charge in [0, 0.05) is 22.0 Å². The number of benzene rings is 1.